The molecule has 0 saturated heterocycles. The zero-order chi connectivity index (χ0) is 12.4. The van der Waals surface area contributed by atoms with E-state index in [-0.39, 0.29) is 5.78 Å². The van der Waals surface area contributed by atoms with E-state index >= 15 is 0 Å². The molecule has 1 aromatic carbocycles. The van der Waals surface area contributed by atoms with E-state index in [0.717, 1.165) is 16.3 Å². The summed E-state index contributed by atoms with van der Waals surface area (Å²) in [6.45, 7) is 3.82. The van der Waals surface area contributed by atoms with Crippen molar-refractivity contribution in [3.05, 3.63) is 50.4 Å². The Kier molecular flexibility index (Phi) is 3.60. The number of halogens is 1. The van der Waals surface area contributed by atoms with Crippen molar-refractivity contribution in [3.63, 3.8) is 0 Å². The average molecular weight is 266 g/mol. The van der Waals surface area contributed by atoms with Crippen LogP contribution in [0.4, 0.5) is 0 Å². The van der Waals surface area contributed by atoms with Crippen LogP contribution in [0.15, 0.2) is 23.6 Å². The van der Waals surface area contributed by atoms with Crippen LogP contribution < -0.4 is 0 Å². The molecule has 0 saturated carbocycles. The summed E-state index contributed by atoms with van der Waals surface area (Å²) in [5.41, 5.74) is 2.32. The first-order valence-corrected chi connectivity index (χ1v) is 6.53. The van der Waals surface area contributed by atoms with Gasteiger partial charge in [0, 0.05) is 10.9 Å². The van der Waals surface area contributed by atoms with Crippen LogP contribution in [0.25, 0.3) is 0 Å². The fourth-order valence-electron chi connectivity index (χ4n) is 1.61. The molecular formula is C13H12ClNOS. The first-order valence-electron chi connectivity index (χ1n) is 5.27. The van der Waals surface area contributed by atoms with Gasteiger partial charge >= 0.3 is 0 Å². The third-order valence-electron chi connectivity index (χ3n) is 2.50. The zero-order valence-electron chi connectivity index (χ0n) is 9.66. The molecule has 4 heteroatoms. The third-order valence-corrected chi connectivity index (χ3v) is 3.82. The lowest BCUT2D eigenvalue weighted by molar-refractivity contribution is 0.0992. The van der Waals surface area contributed by atoms with Crippen molar-refractivity contribution in [3.8, 4) is 0 Å². The summed E-state index contributed by atoms with van der Waals surface area (Å²) in [6, 6.07) is 5.50. The van der Waals surface area contributed by atoms with Gasteiger partial charge in [0.15, 0.2) is 5.78 Å². The van der Waals surface area contributed by atoms with Gasteiger partial charge in [0.05, 0.1) is 22.1 Å². The fraction of sp³-hybridized carbons (Fsp3) is 0.231. The Bertz CT molecular complexity index is 562. The molecule has 0 amide bonds. The van der Waals surface area contributed by atoms with Gasteiger partial charge in [0.2, 0.25) is 0 Å². The Balaban J connectivity index is 2.23. The number of hydrogen-bond acceptors (Lipinski definition) is 3. The highest BCUT2D eigenvalue weighted by atomic mass is 35.5. The van der Waals surface area contributed by atoms with Gasteiger partial charge in [-0.3, -0.25) is 4.79 Å². The quantitative estimate of drug-likeness (QED) is 0.790. The topological polar surface area (TPSA) is 30.0 Å². The Morgan fingerprint density at radius 3 is 2.82 bits per heavy atom. The van der Waals surface area contributed by atoms with Gasteiger partial charge in [-0.25, -0.2) is 4.98 Å². The molecule has 1 aromatic heterocycles. The van der Waals surface area contributed by atoms with Crippen LogP contribution in [-0.4, -0.2) is 10.8 Å². The van der Waals surface area contributed by atoms with Gasteiger partial charge in [0.25, 0.3) is 0 Å². The van der Waals surface area contributed by atoms with Crippen molar-refractivity contribution in [2.24, 2.45) is 0 Å². The summed E-state index contributed by atoms with van der Waals surface area (Å²) in [5, 5.41) is 3.43. The highest BCUT2D eigenvalue weighted by Gasteiger charge is 2.13. The van der Waals surface area contributed by atoms with E-state index in [2.05, 4.69) is 4.98 Å². The second-order valence-electron chi connectivity index (χ2n) is 3.89. The molecule has 0 radical (unpaired) electrons. The summed E-state index contributed by atoms with van der Waals surface area (Å²) in [7, 11) is 0. The molecule has 0 atom stereocenters. The number of benzene rings is 1. The predicted molar refractivity (Wildman–Crippen MR) is 71.1 cm³/mol. The molecule has 2 aromatic rings. The van der Waals surface area contributed by atoms with E-state index in [4.69, 9.17) is 11.6 Å². The van der Waals surface area contributed by atoms with Crippen molar-refractivity contribution in [2.45, 2.75) is 20.3 Å². The molecule has 0 fully saturated rings. The third kappa shape index (κ3) is 2.73. The molecular weight excluding hydrogens is 254 g/mol. The number of ketones is 1. The molecule has 17 heavy (non-hydrogen) atoms. The SMILES string of the molecule is Cc1nc(CC(=O)c2cccc(C)c2Cl)cs1. The number of thiazole rings is 1. The number of aromatic nitrogens is 1. The first-order chi connectivity index (χ1) is 8.08. The summed E-state index contributed by atoms with van der Waals surface area (Å²) in [6.07, 6.45) is 0.313. The van der Waals surface area contributed by atoms with Gasteiger partial charge in [-0.05, 0) is 25.5 Å². The molecule has 0 N–H and O–H groups in total. The van der Waals surface area contributed by atoms with Crippen LogP contribution in [0.3, 0.4) is 0 Å². The van der Waals surface area contributed by atoms with Gasteiger partial charge in [-0.2, -0.15) is 0 Å². The second-order valence-corrected chi connectivity index (χ2v) is 5.33. The summed E-state index contributed by atoms with van der Waals surface area (Å²) < 4.78 is 0. The van der Waals surface area contributed by atoms with Gasteiger partial charge in [-0.15, -0.1) is 11.3 Å². The van der Waals surface area contributed by atoms with Crippen LogP contribution >= 0.6 is 22.9 Å². The summed E-state index contributed by atoms with van der Waals surface area (Å²) in [5.74, 6) is 0.0176. The number of carbonyl (C=O) groups excluding carboxylic acids is 1. The Hall–Kier alpha value is -1.19. The van der Waals surface area contributed by atoms with Gasteiger partial charge in [-0.1, -0.05) is 23.7 Å². The molecule has 0 bridgehead atoms. The van der Waals surface area contributed by atoms with E-state index < -0.39 is 0 Å². The molecule has 0 aliphatic heterocycles. The lowest BCUT2D eigenvalue weighted by Gasteiger charge is -2.04. The van der Waals surface area contributed by atoms with E-state index in [9.17, 15) is 4.79 Å². The van der Waals surface area contributed by atoms with Crippen LogP contribution in [0.2, 0.25) is 5.02 Å². The minimum absolute atomic E-state index is 0.0176. The molecule has 2 rings (SSSR count). The molecule has 0 aliphatic carbocycles. The van der Waals surface area contributed by atoms with E-state index in [1.807, 2.05) is 31.4 Å². The van der Waals surface area contributed by atoms with Crippen LogP contribution in [-0.2, 0) is 6.42 Å². The monoisotopic (exact) mass is 265 g/mol. The molecule has 1 heterocycles. The lowest BCUT2D eigenvalue weighted by atomic mass is 10.0. The number of carbonyl (C=O) groups is 1. The number of nitrogens with zero attached hydrogens (tertiary/aromatic N) is 1. The van der Waals surface area contributed by atoms with Crippen molar-refractivity contribution < 1.29 is 4.79 Å². The lowest BCUT2D eigenvalue weighted by Crippen LogP contribution is -2.05. The number of aryl methyl sites for hydroxylation is 2. The van der Waals surface area contributed by atoms with Crippen molar-refractivity contribution in [1.29, 1.82) is 0 Å². The van der Waals surface area contributed by atoms with Crippen LogP contribution in [0.5, 0.6) is 0 Å². The van der Waals surface area contributed by atoms with Crippen molar-refractivity contribution in [2.75, 3.05) is 0 Å². The highest BCUT2D eigenvalue weighted by Crippen LogP contribution is 2.22. The normalized spacial score (nSPS) is 10.5. The minimum Gasteiger partial charge on any atom is -0.294 e. The van der Waals surface area contributed by atoms with Crippen LogP contribution in [0.1, 0.15) is 26.6 Å². The number of Topliss-reactive ketones (excluding diaryl/α,β-unsaturated/α-hetero) is 1. The second kappa shape index (κ2) is 4.98. The summed E-state index contributed by atoms with van der Waals surface area (Å²) in [4.78, 5) is 16.4. The molecule has 2 nitrogen and oxygen atoms in total. The number of hydrogen-bond donors (Lipinski definition) is 0. The van der Waals surface area contributed by atoms with E-state index in [1.165, 1.54) is 0 Å². The first kappa shape index (κ1) is 12.3. The minimum atomic E-state index is 0.0176. The zero-order valence-corrected chi connectivity index (χ0v) is 11.2. The maximum absolute atomic E-state index is 12.1. The standard InChI is InChI=1S/C13H12ClNOS/c1-8-4-3-5-11(13(8)14)12(16)6-10-7-17-9(2)15-10/h3-5,7H,6H2,1-2H3. The van der Waals surface area contributed by atoms with Crippen LogP contribution in [0, 0.1) is 13.8 Å². The number of rotatable bonds is 3. The van der Waals surface area contributed by atoms with Crippen molar-refractivity contribution in [1.82, 2.24) is 4.98 Å². The Labute approximate surface area is 109 Å². The predicted octanol–water partition coefficient (Wildman–Crippen LogP) is 3.84. The smallest absolute Gasteiger partial charge is 0.170 e. The molecule has 0 spiro atoms. The maximum atomic E-state index is 12.1. The highest BCUT2D eigenvalue weighted by molar-refractivity contribution is 7.09. The molecule has 0 unspecified atom stereocenters. The largest absolute Gasteiger partial charge is 0.294 e. The van der Waals surface area contributed by atoms with E-state index in [0.29, 0.717) is 17.0 Å². The fourth-order valence-corrected chi connectivity index (χ4v) is 2.46. The van der Waals surface area contributed by atoms with Gasteiger partial charge < -0.3 is 0 Å². The molecule has 88 valence electrons. The average Bonchev–Trinajstić information content (AvgIpc) is 2.68. The molecule has 0 aliphatic rings. The van der Waals surface area contributed by atoms with Gasteiger partial charge in [0.1, 0.15) is 0 Å². The van der Waals surface area contributed by atoms with E-state index in [1.54, 1.807) is 17.4 Å². The van der Waals surface area contributed by atoms with Crippen molar-refractivity contribution >= 4 is 28.7 Å². The maximum Gasteiger partial charge on any atom is 0.170 e. The Morgan fingerprint density at radius 2 is 2.18 bits per heavy atom. The summed E-state index contributed by atoms with van der Waals surface area (Å²) >= 11 is 7.67. The Morgan fingerprint density at radius 1 is 1.41 bits per heavy atom.